The highest BCUT2D eigenvalue weighted by atomic mass is 19.1. The lowest BCUT2D eigenvalue weighted by molar-refractivity contribution is -0.132. The summed E-state index contributed by atoms with van der Waals surface area (Å²) in [4.78, 5) is 21.6. The number of piperidine rings is 1. The number of nitrogens with one attached hydrogen (secondary N) is 2. The van der Waals surface area contributed by atoms with E-state index >= 15 is 0 Å². The van der Waals surface area contributed by atoms with Crippen LogP contribution in [0.25, 0.3) is 5.57 Å². The molecule has 2 aromatic rings. The van der Waals surface area contributed by atoms with Crippen molar-refractivity contribution in [3.05, 3.63) is 113 Å². The van der Waals surface area contributed by atoms with Crippen LogP contribution in [0.1, 0.15) is 62.3 Å². The number of aryl methyl sites for hydroxylation is 2. The Kier molecular flexibility index (Phi) is 13.5. The Morgan fingerprint density at radius 3 is 2.43 bits per heavy atom. The summed E-state index contributed by atoms with van der Waals surface area (Å²) >= 11 is 0. The van der Waals surface area contributed by atoms with Crippen molar-refractivity contribution in [1.29, 1.82) is 0 Å². The van der Waals surface area contributed by atoms with Gasteiger partial charge in [0.2, 0.25) is 5.91 Å². The van der Waals surface area contributed by atoms with Gasteiger partial charge in [-0.15, -0.1) is 0 Å². The van der Waals surface area contributed by atoms with Crippen molar-refractivity contribution in [2.24, 2.45) is 4.99 Å². The van der Waals surface area contributed by atoms with Crippen LogP contribution in [0.5, 0.6) is 0 Å². The van der Waals surface area contributed by atoms with Gasteiger partial charge in [0.05, 0.1) is 18.0 Å². The summed E-state index contributed by atoms with van der Waals surface area (Å²) in [6.07, 6.45) is 7.59. The molecule has 7 nitrogen and oxygen atoms in total. The quantitative estimate of drug-likeness (QED) is 0.160. The lowest BCUT2D eigenvalue weighted by Gasteiger charge is -2.35. The van der Waals surface area contributed by atoms with Crippen LogP contribution in [0.4, 0.5) is 4.39 Å². The Morgan fingerprint density at radius 2 is 1.85 bits per heavy atom. The van der Waals surface area contributed by atoms with Crippen LogP contribution in [-0.2, 0) is 10.4 Å². The topological polar surface area (TPSA) is 80.2 Å². The van der Waals surface area contributed by atoms with E-state index in [4.69, 9.17) is 4.99 Å². The van der Waals surface area contributed by atoms with Gasteiger partial charge in [0.15, 0.2) is 0 Å². The van der Waals surface area contributed by atoms with Gasteiger partial charge in [-0.1, -0.05) is 55.1 Å². The summed E-state index contributed by atoms with van der Waals surface area (Å²) in [5.41, 5.74) is 6.03. The number of hydrogen-bond acceptors (Lipinski definition) is 6. The van der Waals surface area contributed by atoms with E-state index in [9.17, 15) is 14.3 Å². The first-order chi connectivity index (χ1) is 21.9. The molecule has 0 saturated carbocycles. The standard InChI is InChI=1S/C38H52FN5O2/c1-9-11-35(41-27(3)4)37(30(7)31-14-12-28(5)13-15-31)42-33-19-22-44(23-20-33)36(45)18-21-40-25-38(46,26-43(8)10-2)34-17-16-32(39)24-29(34)6/h9-17,24,33,40,42,46H,2-3,18-23,25-26H2,1,4-8H3/b11-9-,37-30?,41-35?. The smallest absolute Gasteiger partial charge is 0.223 e. The number of allylic oxidation sites excluding steroid dienone is 4. The summed E-state index contributed by atoms with van der Waals surface area (Å²) in [6, 6.07) is 13.1. The number of hydrogen-bond donors (Lipinski definition) is 3. The van der Waals surface area contributed by atoms with E-state index in [0.717, 1.165) is 41.1 Å². The minimum Gasteiger partial charge on any atom is -0.382 e. The molecule has 1 atom stereocenters. The highest BCUT2D eigenvalue weighted by Crippen LogP contribution is 2.26. The van der Waals surface area contributed by atoms with Gasteiger partial charge in [0.1, 0.15) is 11.4 Å². The van der Waals surface area contributed by atoms with Crippen LogP contribution in [0.3, 0.4) is 0 Å². The molecule has 1 amide bonds. The van der Waals surface area contributed by atoms with Crippen LogP contribution in [-0.4, -0.2) is 72.3 Å². The van der Waals surface area contributed by atoms with E-state index in [0.29, 0.717) is 37.2 Å². The fourth-order valence-corrected chi connectivity index (χ4v) is 5.85. The van der Waals surface area contributed by atoms with Crippen molar-refractivity contribution in [3.63, 3.8) is 0 Å². The minimum absolute atomic E-state index is 0.0840. The summed E-state index contributed by atoms with van der Waals surface area (Å²) in [6.45, 7) is 19.9. The predicted molar refractivity (Wildman–Crippen MR) is 189 cm³/mol. The van der Waals surface area contributed by atoms with E-state index in [2.05, 4.69) is 61.9 Å². The Hall–Kier alpha value is -4.01. The first-order valence-electron chi connectivity index (χ1n) is 16.1. The van der Waals surface area contributed by atoms with E-state index in [1.807, 2.05) is 37.9 Å². The SMILES string of the molecule is C=CN(C)CC(O)(CNCCC(=O)N1CCC(NC(C(/C=C\C)=NC(=C)C)=C(C)c2ccc(C)cc2)CC1)c1ccc(F)cc1C. The maximum absolute atomic E-state index is 13.8. The van der Waals surface area contributed by atoms with Crippen LogP contribution in [0.15, 0.2) is 90.4 Å². The van der Waals surface area contributed by atoms with Gasteiger partial charge < -0.3 is 25.5 Å². The molecule has 0 spiro atoms. The van der Waals surface area contributed by atoms with Gasteiger partial charge >= 0.3 is 0 Å². The highest BCUT2D eigenvalue weighted by Gasteiger charge is 2.32. The van der Waals surface area contributed by atoms with Crippen molar-refractivity contribution < 1.29 is 14.3 Å². The predicted octanol–water partition coefficient (Wildman–Crippen LogP) is 6.25. The summed E-state index contributed by atoms with van der Waals surface area (Å²) < 4.78 is 13.8. The van der Waals surface area contributed by atoms with Crippen molar-refractivity contribution in [2.45, 2.75) is 65.5 Å². The van der Waals surface area contributed by atoms with Crippen LogP contribution in [0.2, 0.25) is 0 Å². The van der Waals surface area contributed by atoms with Gasteiger partial charge in [0.25, 0.3) is 0 Å². The average Bonchev–Trinajstić information content (AvgIpc) is 3.01. The fraction of sp³-hybridized carbons (Fsp3) is 0.421. The maximum atomic E-state index is 13.8. The third kappa shape index (κ3) is 10.3. The molecule has 248 valence electrons. The molecule has 3 N–H and O–H groups in total. The second kappa shape index (κ2) is 17.1. The molecule has 1 fully saturated rings. The van der Waals surface area contributed by atoms with E-state index in [1.54, 1.807) is 24.1 Å². The molecule has 1 unspecified atom stereocenters. The third-order valence-corrected chi connectivity index (χ3v) is 8.39. The van der Waals surface area contributed by atoms with E-state index in [1.165, 1.54) is 17.7 Å². The first kappa shape index (κ1) is 36.5. The van der Waals surface area contributed by atoms with Crippen molar-refractivity contribution in [3.8, 4) is 0 Å². The number of rotatable bonds is 15. The number of nitrogens with zero attached hydrogens (tertiary/aromatic N) is 3. The van der Waals surface area contributed by atoms with Gasteiger partial charge in [-0.25, -0.2) is 4.39 Å². The Labute approximate surface area is 275 Å². The molecule has 3 rings (SSSR count). The second-order valence-electron chi connectivity index (χ2n) is 12.4. The van der Waals surface area contributed by atoms with E-state index < -0.39 is 5.60 Å². The van der Waals surface area contributed by atoms with Gasteiger partial charge in [-0.3, -0.25) is 9.79 Å². The zero-order valence-electron chi connectivity index (χ0n) is 28.5. The number of amides is 1. The first-order valence-corrected chi connectivity index (χ1v) is 16.1. The Bertz CT molecular complexity index is 1450. The van der Waals surface area contributed by atoms with E-state index in [-0.39, 0.29) is 30.9 Å². The molecule has 8 heteroatoms. The molecule has 0 aromatic heterocycles. The van der Waals surface area contributed by atoms with Crippen LogP contribution in [0, 0.1) is 19.7 Å². The highest BCUT2D eigenvalue weighted by molar-refractivity contribution is 6.12. The fourth-order valence-electron chi connectivity index (χ4n) is 5.85. The van der Waals surface area contributed by atoms with Gasteiger partial charge in [0, 0.05) is 51.4 Å². The molecule has 1 aliphatic rings. The largest absolute Gasteiger partial charge is 0.382 e. The monoisotopic (exact) mass is 629 g/mol. The zero-order valence-corrected chi connectivity index (χ0v) is 28.5. The Morgan fingerprint density at radius 1 is 1.17 bits per heavy atom. The molecule has 0 bridgehead atoms. The molecule has 1 aliphatic heterocycles. The number of aliphatic hydroxyl groups is 1. The number of likely N-dealkylation sites (N-methyl/N-ethyl adjacent to an activating group) is 1. The number of carbonyl (C=O) groups excluding carboxylic acids is 1. The Balaban J connectivity index is 1.62. The molecular weight excluding hydrogens is 577 g/mol. The van der Waals surface area contributed by atoms with Crippen molar-refractivity contribution >= 4 is 17.2 Å². The van der Waals surface area contributed by atoms with Crippen molar-refractivity contribution in [2.75, 3.05) is 39.8 Å². The average molecular weight is 630 g/mol. The number of benzene rings is 2. The number of likely N-dealkylation sites (tertiary alicyclic amines) is 1. The van der Waals surface area contributed by atoms with Crippen molar-refractivity contribution in [1.82, 2.24) is 20.4 Å². The van der Waals surface area contributed by atoms with Gasteiger partial charge in [-0.05, 0) is 94.1 Å². The summed E-state index contributed by atoms with van der Waals surface area (Å²) in [5, 5.41) is 18.7. The molecule has 46 heavy (non-hydrogen) atoms. The molecule has 2 aromatic carbocycles. The normalized spacial score (nSPS) is 16.2. The summed E-state index contributed by atoms with van der Waals surface area (Å²) in [7, 11) is 1.83. The number of aliphatic imine (C=N–C) groups is 1. The van der Waals surface area contributed by atoms with Crippen LogP contribution < -0.4 is 10.6 Å². The zero-order chi connectivity index (χ0) is 33.9. The summed E-state index contributed by atoms with van der Waals surface area (Å²) in [5.74, 6) is -0.259. The van der Waals surface area contributed by atoms with Crippen LogP contribution >= 0.6 is 0 Å². The third-order valence-electron chi connectivity index (χ3n) is 8.39. The minimum atomic E-state index is -1.28. The lowest BCUT2D eigenvalue weighted by atomic mass is 9.89. The van der Waals surface area contributed by atoms with Gasteiger partial charge in [-0.2, -0.15) is 0 Å². The maximum Gasteiger partial charge on any atom is 0.223 e. The molecule has 0 radical (unpaired) electrons. The number of carbonyl (C=O) groups is 1. The second-order valence-corrected chi connectivity index (χ2v) is 12.4. The molecule has 1 saturated heterocycles. The molecular formula is C38H52FN5O2. The molecule has 0 aliphatic carbocycles. The number of halogens is 1. The molecule has 1 heterocycles. The lowest BCUT2D eigenvalue weighted by Crippen LogP contribution is -2.47.